The van der Waals surface area contributed by atoms with E-state index in [1.807, 2.05) is 24.3 Å². The maximum atomic E-state index is 10.3. The second-order valence-electron chi connectivity index (χ2n) is 4.24. The maximum Gasteiger partial charge on any atom is 0.382 e. The van der Waals surface area contributed by atoms with Crippen LogP contribution in [0.2, 0.25) is 0 Å². The molecule has 1 aromatic rings. The van der Waals surface area contributed by atoms with Crippen molar-refractivity contribution in [3.8, 4) is 11.8 Å². The highest BCUT2D eigenvalue weighted by Gasteiger charge is 2.11. The zero-order valence-corrected chi connectivity index (χ0v) is 9.65. The van der Waals surface area contributed by atoms with Crippen molar-refractivity contribution in [2.24, 2.45) is 0 Å². The van der Waals surface area contributed by atoms with E-state index < -0.39 is 5.97 Å². The second-order valence-corrected chi connectivity index (χ2v) is 4.24. The number of rotatable bonds is 2. The van der Waals surface area contributed by atoms with Crippen molar-refractivity contribution in [1.82, 2.24) is 4.90 Å². The number of benzene rings is 1. The van der Waals surface area contributed by atoms with E-state index in [0.29, 0.717) is 0 Å². The molecule has 0 unspecified atom stereocenters. The summed E-state index contributed by atoms with van der Waals surface area (Å²) in [5.41, 5.74) is 2.00. The van der Waals surface area contributed by atoms with Gasteiger partial charge in [-0.2, -0.15) is 0 Å². The van der Waals surface area contributed by atoms with Crippen LogP contribution in [0, 0.1) is 11.8 Å². The summed E-state index contributed by atoms with van der Waals surface area (Å²) in [5, 5.41) is 8.44. The third-order valence-corrected chi connectivity index (χ3v) is 2.87. The summed E-state index contributed by atoms with van der Waals surface area (Å²) in [7, 11) is 0. The fourth-order valence-corrected chi connectivity index (χ4v) is 2.02. The van der Waals surface area contributed by atoms with Crippen LogP contribution in [0.1, 0.15) is 24.0 Å². The molecule has 0 bridgehead atoms. The Morgan fingerprint density at radius 1 is 1.24 bits per heavy atom. The molecule has 3 nitrogen and oxygen atoms in total. The molecule has 1 heterocycles. The van der Waals surface area contributed by atoms with Gasteiger partial charge in [0.15, 0.2) is 0 Å². The predicted molar refractivity (Wildman–Crippen MR) is 65.5 cm³/mol. The first-order valence-electron chi connectivity index (χ1n) is 5.80. The number of aliphatic carboxylic acids is 1. The summed E-state index contributed by atoms with van der Waals surface area (Å²) < 4.78 is 0. The zero-order valence-electron chi connectivity index (χ0n) is 9.65. The monoisotopic (exact) mass is 229 g/mol. The van der Waals surface area contributed by atoms with Crippen molar-refractivity contribution in [2.75, 3.05) is 13.1 Å². The average Bonchev–Trinajstić information content (AvgIpc) is 2.81. The summed E-state index contributed by atoms with van der Waals surface area (Å²) in [4.78, 5) is 12.7. The number of hydrogen-bond acceptors (Lipinski definition) is 2. The Labute approximate surface area is 101 Å². The fraction of sp³-hybridized carbons (Fsp3) is 0.357. The molecule has 0 aromatic heterocycles. The Morgan fingerprint density at radius 3 is 2.47 bits per heavy atom. The van der Waals surface area contributed by atoms with Gasteiger partial charge in [-0.05, 0) is 43.6 Å². The molecule has 0 atom stereocenters. The first-order chi connectivity index (χ1) is 8.24. The smallest absolute Gasteiger partial charge is 0.382 e. The van der Waals surface area contributed by atoms with Crippen molar-refractivity contribution < 1.29 is 9.90 Å². The fourth-order valence-electron chi connectivity index (χ4n) is 2.02. The highest BCUT2D eigenvalue weighted by Crippen LogP contribution is 2.12. The number of hydrogen-bond donors (Lipinski definition) is 1. The Balaban J connectivity index is 1.98. The van der Waals surface area contributed by atoms with Crippen LogP contribution >= 0.6 is 0 Å². The topological polar surface area (TPSA) is 40.5 Å². The lowest BCUT2D eigenvalue weighted by molar-refractivity contribution is -0.130. The molecule has 1 aliphatic heterocycles. The van der Waals surface area contributed by atoms with Gasteiger partial charge in [0.2, 0.25) is 0 Å². The highest BCUT2D eigenvalue weighted by molar-refractivity contribution is 5.87. The van der Waals surface area contributed by atoms with Crippen LogP contribution in [0.4, 0.5) is 0 Å². The number of carboxylic acids is 1. The Kier molecular flexibility index (Phi) is 3.79. The van der Waals surface area contributed by atoms with E-state index in [4.69, 9.17) is 5.11 Å². The second kappa shape index (κ2) is 5.51. The molecule has 0 saturated carbocycles. The van der Waals surface area contributed by atoms with E-state index >= 15 is 0 Å². The molecule has 1 fully saturated rings. The standard InChI is InChI=1S/C14H15NO2/c16-14(17)8-7-12-3-5-13(6-4-12)11-15-9-1-2-10-15/h3-6H,1-2,9-11H2,(H,16,17). The van der Waals surface area contributed by atoms with Crippen molar-refractivity contribution in [2.45, 2.75) is 19.4 Å². The predicted octanol–water partition coefficient (Wildman–Crippen LogP) is 1.72. The third kappa shape index (κ3) is 3.61. The maximum absolute atomic E-state index is 10.3. The SMILES string of the molecule is O=C(O)C#Cc1ccc(CN2CCCC2)cc1. The van der Waals surface area contributed by atoms with E-state index in [2.05, 4.69) is 16.7 Å². The number of carboxylic acid groups (broad SMARTS) is 1. The Hall–Kier alpha value is -1.79. The number of carbonyl (C=O) groups is 1. The molecule has 0 spiro atoms. The minimum absolute atomic E-state index is 0.748. The number of likely N-dealkylation sites (tertiary alicyclic amines) is 1. The van der Waals surface area contributed by atoms with Gasteiger partial charge >= 0.3 is 5.97 Å². The highest BCUT2D eigenvalue weighted by atomic mass is 16.4. The normalized spacial score (nSPS) is 15.3. The molecule has 2 rings (SSSR count). The minimum atomic E-state index is -1.09. The van der Waals surface area contributed by atoms with Crippen LogP contribution < -0.4 is 0 Å². The van der Waals surface area contributed by atoms with Gasteiger partial charge in [-0.25, -0.2) is 4.79 Å². The van der Waals surface area contributed by atoms with Crippen molar-refractivity contribution >= 4 is 5.97 Å². The van der Waals surface area contributed by atoms with Crippen LogP contribution in [0.25, 0.3) is 0 Å². The van der Waals surface area contributed by atoms with Gasteiger partial charge in [0.25, 0.3) is 0 Å². The van der Waals surface area contributed by atoms with Crippen molar-refractivity contribution in [3.05, 3.63) is 35.4 Å². The quantitative estimate of drug-likeness (QED) is 0.785. The van der Waals surface area contributed by atoms with Crippen LogP contribution in [0.5, 0.6) is 0 Å². The molecular weight excluding hydrogens is 214 g/mol. The number of nitrogens with zero attached hydrogens (tertiary/aromatic N) is 1. The summed E-state index contributed by atoms with van der Waals surface area (Å²) in [5.74, 6) is 3.62. The summed E-state index contributed by atoms with van der Waals surface area (Å²) in [6, 6.07) is 7.79. The molecule has 1 aromatic carbocycles. The molecule has 1 saturated heterocycles. The molecule has 0 amide bonds. The molecule has 0 aliphatic carbocycles. The largest absolute Gasteiger partial charge is 0.472 e. The van der Waals surface area contributed by atoms with E-state index in [-0.39, 0.29) is 0 Å². The van der Waals surface area contributed by atoms with Crippen LogP contribution in [0.15, 0.2) is 24.3 Å². The minimum Gasteiger partial charge on any atom is -0.472 e. The lowest BCUT2D eigenvalue weighted by Gasteiger charge is -2.14. The van der Waals surface area contributed by atoms with Gasteiger partial charge in [-0.15, -0.1) is 0 Å². The molecule has 0 radical (unpaired) electrons. The van der Waals surface area contributed by atoms with Crippen LogP contribution in [-0.4, -0.2) is 29.1 Å². The van der Waals surface area contributed by atoms with E-state index in [9.17, 15) is 4.79 Å². The molecule has 1 N–H and O–H groups in total. The molecule has 3 heteroatoms. The van der Waals surface area contributed by atoms with Crippen molar-refractivity contribution in [1.29, 1.82) is 0 Å². The summed E-state index contributed by atoms with van der Waals surface area (Å²) >= 11 is 0. The molecule has 17 heavy (non-hydrogen) atoms. The van der Waals surface area contributed by atoms with E-state index in [1.54, 1.807) is 0 Å². The summed E-state index contributed by atoms with van der Waals surface area (Å²) in [6.07, 6.45) is 2.59. The van der Waals surface area contributed by atoms with Crippen molar-refractivity contribution in [3.63, 3.8) is 0 Å². The van der Waals surface area contributed by atoms with Gasteiger partial charge in [-0.1, -0.05) is 18.1 Å². The van der Waals surface area contributed by atoms with Gasteiger partial charge in [0.05, 0.1) is 0 Å². The lowest BCUT2D eigenvalue weighted by Crippen LogP contribution is -2.18. The average molecular weight is 229 g/mol. The Morgan fingerprint density at radius 2 is 1.88 bits per heavy atom. The van der Waals surface area contributed by atoms with Crippen LogP contribution in [-0.2, 0) is 11.3 Å². The molecule has 88 valence electrons. The van der Waals surface area contributed by atoms with Gasteiger partial charge < -0.3 is 5.11 Å². The molecule has 1 aliphatic rings. The molecular formula is C14H15NO2. The van der Waals surface area contributed by atoms with E-state index in [1.165, 1.54) is 31.5 Å². The first-order valence-corrected chi connectivity index (χ1v) is 5.80. The third-order valence-electron chi connectivity index (χ3n) is 2.87. The first kappa shape index (κ1) is 11.7. The van der Waals surface area contributed by atoms with Gasteiger partial charge in [0, 0.05) is 18.0 Å². The van der Waals surface area contributed by atoms with Crippen LogP contribution in [0.3, 0.4) is 0 Å². The summed E-state index contributed by atoms with van der Waals surface area (Å²) in [6.45, 7) is 3.34. The lowest BCUT2D eigenvalue weighted by atomic mass is 10.1. The zero-order chi connectivity index (χ0) is 12.1. The van der Waals surface area contributed by atoms with E-state index in [0.717, 1.165) is 12.1 Å². The Bertz CT molecular complexity index is 447. The van der Waals surface area contributed by atoms with Gasteiger partial charge in [-0.3, -0.25) is 4.90 Å². The van der Waals surface area contributed by atoms with Gasteiger partial charge in [0.1, 0.15) is 0 Å².